The van der Waals surface area contributed by atoms with Crippen LogP contribution in [0.4, 0.5) is 0 Å². The second-order valence-electron chi connectivity index (χ2n) is 11.3. The number of furan rings is 1. The van der Waals surface area contributed by atoms with Gasteiger partial charge < -0.3 is 4.42 Å². The van der Waals surface area contributed by atoms with Crippen molar-refractivity contribution in [3.8, 4) is 33.4 Å². The summed E-state index contributed by atoms with van der Waals surface area (Å²) in [4.78, 5) is 0. The number of rotatable bonds is 3. The predicted octanol–water partition coefficient (Wildman–Crippen LogP) is 14.4. The van der Waals surface area contributed by atoms with E-state index in [1.165, 1.54) is 0 Å². The number of fused-ring (bicyclic) bond motifs is 9. The van der Waals surface area contributed by atoms with E-state index in [-0.39, 0.29) is 0 Å². The molecule has 236 valence electrons. The lowest BCUT2D eigenvalue weighted by Crippen LogP contribution is -1.92. The van der Waals surface area contributed by atoms with Crippen molar-refractivity contribution in [2.45, 2.75) is 0 Å². The Hall–Kier alpha value is -6.70. The molecule has 1 heteroatoms. The van der Waals surface area contributed by atoms with Gasteiger partial charge in [-0.3, -0.25) is 0 Å². The van der Waals surface area contributed by atoms with Gasteiger partial charge in [-0.15, -0.1) is 0 Å². The van der Waals surface area contributed by atoms with Crippen LogP contribution < -0.4 is 0 Å². The third-order valence-electron chi connectivity index (χ3n) is 8.62. The fraction of sp³-hybridized carbons (Fsp3) is 0. The van der Waals surface area contributed by atoms with Crippen molar-refractivity contribution in [2.24, 2.45) is 0 Å². The number of hydrogen-bond donors (Lipinski definition) is 0. The van der Waals surface area contributed by atoms with Crippen molar-refractivity contribution < 1.29 is 45.5 Å². The zero-order chi connectivity index (χ0) is 59.6. The Morgan fingerprint density at radius 1 is 0.333 bits per heavy atom. The van der Waals surface area contributed by atoms with Crippen LogP contribution in [0.25, 0.3) is 109 Å². The van der Waals surface area contributed by atoms with Crippen molar-refractivity contribution in [3.63, 3.8) is 0 Å². The van der Waals surface area contributed by atoms with Crippen molar-refractivity contribution in [1.29, 1.82) is 0 Å². The van der Waals surface area contributed by atoms with Gasteiger partial charge >= 0.3 is 0 Å². The van der Waals surface area contributed by atoms with E-state index in [1.54, 1.807) is 0 Å². The van der Waals surface area contributed by atoms with Gasteiger partial charge in [0.15, 0.2) is 0 Å². The van der Waals surface area contributed by atoms with Crippen molar-refractivity contribution in [2.75, 3.05) is 0 Å². The minimum Gasteiger partial charge on any atom is -0.455 e. The first-order valence-electron chi connectivity index (χ1n) is 30.2. The molecule has 1 heterocycles. The maximum atomic E-state index is 10.1. The predicted molar refractivity (Wildman–Crippen MR) is 218 cm³/mol. The topological polar surface area (TPSA) is 13.1 Å². The fourth-order valence-electron chi connectivity index (χ4n) is 6.50. The Balaban J connectivity index is 1.45. The molecule has 0 aliphatic rings. The third-order valence-corrected chi connectivity index (χ3v) is 8.62. The van der Waals surface area contributed by atoms with Gasteiger partial charge in [0.2, 0.25) is 0 Å². The minimum atomic E-state index is -1.10. The maximum absolute atomic E-state index is 10.1. The molecule has 0 saturated carbocycles. The summed E-state index contributed by atoms with van der Waals surface area (Å²) in [5.74, 6) is 0. The zero-order valence-corrected chi connectivity index (χ0v) is 25.4. The Morgan fingerprint density at radius 3 is 1.45 bits per heavy atom. The standard InChI is InChI=1S/C50H30O/c1-3-16-35-31(12-1)14-9-23-38(35)47-39-18-5-7-20-41(39)48(42-21-8-6-19-40(42)47)43-24-10-15-33-26-27-34(30-45(33)43)37-22-11-25-44-49-36-17-4-2-13-32(36)28-29-46(49)51-50(37)44/h1-30H/i1D,2D,3D,4D,5D,6D,7D,8D,9D,10D,11D,12D,13D,14D,15D,16D,17D,18D,19D,20D,21D,22D,23D,24D,25D,26D,27D,28D,29D,30D. The van der Waals surface area contributed by atoms with Crippen LogP contribution in [0.3, 0.4) is 0 Å². The molecule has 0 amide bonds. The molecule has 11 aromatic rings. The fourth-order valence-corrected chi connectivity index (χ4v) is 6.50. The molecule has 0 unspecified atom stereocenters. The van der Waals surface area contributed by atoms with E-state index < -0.39 is 290 Å². The van der Waals surface area contributed by atoms with E-state index in [9.17, 15) is 16.4 Å². The largest absolute Gasteiger partial charge is 0.455 e. The maximum Gasteiger partial charge on any atom is 0.143 e. The van der Waals surface area contributed by atoms with Gasteiger partial charge in [-0.25, -0.2) is 0 Å². The Morgan fingerprint density at radius 2 is 0.784 bits per heavy atom. The van der Waals surface area contributed by atoms with Crippen LogP contribution in [0.15, 0.2) is 186 Å². The molecule has 1 nitrogen and oxygen atoms in total. The first kappa shape index (κ1) is 11.7. The van der Waals surface area contributed by atoms with Gasteiger partial charge in [0.1, 0.15) is 11.2 Å². The highest BCUT2D eigenvalue weighted by molar-refractivity contribution is 6.26. The van der Waals surface area contributed by atoms with Gasteiger partial charge in [-0.1, -0.05) is 169 Å². The molecule has 1 aromatic heterocycles. The quantitative estimate of drug-likeness (QED) is 0.170. The first-order chi connectivity index (χ1) is 37.8. The molecule has 0 atom stereocenters. The lowest BCUT2D eigenvalue weighted by atomic mass is 9.83. The smallest absolute Gasteiger partial charge is 0.143 e. The lowest BCUT2D eigenvalue weighted by molar-refractivity contribution is 0.670. The van der Waals surface area contributed by atoms with E-state index in [4.69, 9.17) is 29.1 Å². The van der Waals surface area contributed by atoms with Crippen molar-refractivity contribution in [1.82, 2.24) is 0 Å². The highest BCUT2D eigenvalue weighted by Crippen LogP contribution is 2.47. The van der Waals surface area contributed by atoms with Crippen LogP contribution in [0, 0.1) is 0 Å². The monoisotopic (exact) mass is 676 g/mol. The number of para-hydroxylation sites is 1. The molecule has 0 saturated heterocycles. The van der Waals surface area contributed by atoms with E-state index in [0.29, 0.717) is 0 Å². The van der Waals surface area contributed by atoms with Gasteiger partial charge in [-0.05, 0) is 93.8 Å². The molecule has 11 rings (SSSR count). The molecule has 0 radical (unpaired) electrons. The summed E-state index contributed by atoms with van der Waals surface area (Å²) >= 11 is 0. The Labute approximate surface area is 336 Å². The van der Waals surface area contributed by atoms with Gasteiger partial charge in [0.25, 0.3) is 0 Å². The van der Waals surface area contributed by atoms with Gasteiger partial charge in [0, 0.05) is 16.3 Å². The lowest BCUT2D eigenvalue weighted by Gasteiger charge is -2.20. The summed E-state index contributed by atoms with van der Waals surface area (Å²) in [6.07, 6.45) is 0. The van der Waals surface area contributed by atoms with Crippen molar-refractivity contribution >= 4 is 75.8 Å². The minimum absolute atomic E-state index is 0.408. The highest BCUT2D eigenvalue weighted by Gasteiger charge is 2.20. The zero-order valence-electron chi connectivity index (χ0n) is 55.4. The summed E-state index contributed by atoms with van der Waals surface area (Å²) in [5.41, 5.74) is -6.10. The molecular formula is C50H30O. The molecule has 0 spiro atoms. The highest BCUT2D eigenvalue weighted by atomic mass is 16.3. The van der Waals surface area contributed by atoms with Crippen LogP contribution in [0.5, 0.6) is 0 Å². The summed E-state index contributed by atoms with van der Waals surface area (Å²) in [7, 11) is 0. The van der Waals surface area contributed by atoms with Crippen LogP contribution in [-0.4, -0.2) is 0 Å². The average molecular weight is 677 g/mol. The van der Waals surface area contributed by atoms with E-state index >= 15 is 0 Å². The molecule has 0 aliphatic heterocycles. The van der Waals surface area contributed by atoms with E-state index in [1.807, 2.05) is 0 Å². The van der Waals surface area contributed by atoms with Crippen LogP contribution >= 0.6 is 0 Å². The van der Waals surface area contributed by atoms with Crippen molar-refractivity contribution in [3.05, 3.63) is 181 Å². The molecule has 51 heavy (non-hydrogen) atoms. The second kappa shape index (κ2) is 10.9. The van der Waals surface area contributed by atoms with Crippen LogP contribution in [0.2, 0.25) is 0 Å². The molecular weight excluding hydrogens is 617 g/mol. The summed E-state index contributed by atoms with van der Waals surface area (Å²) < 4.78 is 280. The third kappa shape index (κ3) is 4.16. The Kier molecular flexibility index (Phi) is 2.50. The number of hydrogen-bond acceptors (Lipinski definition) is 1. The SMILES string of the molecule is [2H]c1c([2H])c([2H])c2c(oc3c([2H])c([2H])c4c([2H])c([2H])c([2H])c([2H])c4c32)c1-c1c([2H])c([2H])c2c([2H])c([2H])c([2H])c(-c3c4c([2H])c([2H])c([2H])c([2H])c4c(-c4c([2H])c([2H])c([2H])c5c([2H])c([2H])c([2H])c([2H])c45)c4c([2H])c([2H])c([2H])c([2H])c34)c2c1[2H]. The summed E-state index contributed by atoms with van der Waals surface area (Å²) in [5, 5.41) is -7.99. The van der Waals surface area contributed by atoms with E-state index in [2.05, 4.69) is 0 Å². The van der Waals surface area contributed by atoms with Crippen LogP contribution in [-0.2, 0) is 0 Å². The van der Waals surface area contributed by atoms with Gasteiger partial charge in [0.05, 0.1) is 41.1 Å². The van der Waals surface area contributed by atoms with Gasteiger partial charge in [-0.2, -0.15) is 0 Å². The normalized spacial score (nSPS) is 20.2. The Bertz CT molecular complexity index is 4840. The summed E-state index contributed by atoms with van der Waals surface area (Å²) in [6.45, 7) is 0. The second-order valence-corrected chi connectivity index (χ2v) is 11.3. The van der Waals surface area contributed by atoms with E-state index in [0.717, 1.165) is 0 Å². The molecule has 0 fully saturated rings. The first-order valence-corrected chi connectivity index (χ1v) is 15.2. The molecule has 10 aromatic carbocycles. The molecule has 0 bridgehead atoms. The molecule has 0 aliphatic carbocycles. The molecule has 0 N–H and O–H groups in total. The summed E-state index contributed by atoms with van der Waals surface area (Å²) in [6, 6.07) is -28.6. The average Bonchev–Trinajstić information content (AvgIpc) is 3.30. The number of benzene rings is 10. The van der Waals surface area contributed by atoms with Crippen LogP contribution in [0.1, 0.15) is 41.1 Å².